The molecule has 0 aromatic rings. The molecule has 1 nitrogen and oxygen atoms in total. The van der Waals surface area contributed by atoms with E-state index in [1.807, 2.05) is 12.3 Å². The summed E-state index contributed by atoms with van der Waals surface area (Å²) in [6, 6.07) is 0. The van der Waals surface area contributed by atoms with Crippen LogP contribution in [0.1, 0.15) is 39.5 Å². The molecule has 0 fully saturated rings. The minimum Gasteiger partial charge on any atom is -0.365 e. The van der Waals surface area contributed by atoms with Crippen molar-refractivity contribution in [3.63, 3.8) is 0 Å². The highest BCUT2D eigenvalue weighted by molar-refractivity contribution is 5.25. The van der Waals surface area contributed by atoms with E-state index in [0.29, 0.717) is 0 Å². The van der Waals surface area contributed by atoms with Crippen molar-refractivity contribution in [1.29, 1.82) is 0 Å². The zero-order chi connectivity index (χ0) is 11.1. The molecule has 0 bridgehead atoms. The van der Waals surface area contributed by atoms with Gasteiger partial charge in [-0.1, -0.05) is 39.3 Å². The van der Waals surface area contributed by atoms with E-state index in [9.17, 15) is 0 Å². The van der Waals surface area contributed by atoms with Gasteiger partial charge in [0.15, 0.2) is 0 Å². The maximum Gasteiger partial charge on any atom is 0.0209 e. The molecule has 0 aromatic carbocycles. The Labute approximate surface area is 94.0 Å². The van der Waals surface area contributed by atoms with Gasteiger partial charge in [-0.05, 0) is 31.4 Å². The summed E-state index contributed by atoms with van der Waals surface area (Å²) in [5.41, 5.74) is 1.61. The first kappa shape index (κ1) is 12.1. The Morgan fingerprint density at radius 2 is 1.93 bits per heavy atom. The van der Waals surface area contributed by atoms with E-state index in [1.165, 1.54) is 18.5 Å². The number of rotatable bonds is 5. The van der Waals surface area contributed by atoms with Gasteiger partial charge in [0.25, 0.3) is 0 Å². The third kappa shape index (κ3) is 2.74. The number of nitrogens with one attached hydrogen (secondary N) is 1. The van der Waals surface area contributed by atoms with Crippen molar-refractivity contribution in [2.75, 3.05) is 0 Å². The van der Waals surface area contributed by atoms with E-state index in [2.05, 4.69) is 44.3 Å². The summed E-state index contributed by atoms with van der Waals surface area (Å²) in [7, 11) is 0. The Bertz CT molecular complexity index is 267. The second-order valence-corrected chi connectivity index (χ2v) is 4.06. The molecular formula is C14H22N. The van der Waals surface area contributed by atoms with Crippen LogP contribution in [0.15, 0.2) is 36.2 Å². The molecule has 0 aliphatic carbocycles. The fraction of sp³-hybridized carbons (Fsp3) is 0.500. The molecule has 0 aromatic heterocycles. The highest BCUT2D eigenvalue weighted by Crippen LogP contribution is 2.38. The van der Waals surface area contributed by atoms with Crippen LogP contribution in [0.4, 0.5) is 0 Å². The van der Waals surface area contributed by atoms with E-state index in [-0.39, 0.29) is 5.41 Å². The molecule has 1 heterocycles. The molecule has 0 spiro atoms. The van der Waals surface area contributed by atoms with E-state index >= 15 is 0 Å². The molecule has 83 valence electrons. The Morgan fingerprint density at radius 3 is 2.53 bits per heavy atom. The minimum absolute atomic E-state index is 0.279. The molecule has 0 unspecified atom stereocenters. The highest BCUT2D eigenvalue weighted by Gasteiger charge is 2.29. The molecule has 1 heteroatoms. The molecule has 1 aliphatic heterocycles. The standard InChI is InChI=1S/C14H22N/c1-4-11-14(5-2,6-3)13-10-8-7-9-12-15-13/h7-10,12,15H,1,4-6,11H2,2-3H3. The quantitative estimate of drug-likeness (QED) is 0.714. The topological polar surface area (TPSA) is 12.0 Å². The Hall–Kier alpha value is -0.980. The van der Waals surface area contributed by atoms with E-state index in [0.717, 1.165) is 12.8 Å². The normalized spacial score (nSPS) is 15.8. The lowest BCUT2D eigenvalue weighted by atomic mass is 9.75. The summed E-state index contributed by atoms with van der Waals surface area (Å²) in [5, 5.41) is 3.40. The van der Waals surface area contributed by atoms with Crippen LogP contribution in [0.25, 0.3) is 0 Å². The lowest BCUT2D eigenvalue weighted by Gasteiger charge is -2.34. The summed E-state index contributed by atoms with van der Waals surface area (Å²) >= 11 is 0. The first-order valence-electron chi connectivity index (χ1n) is 5.89. The van der Waals surface area contributed by atoms with Crippen LogP contribution >= 0.6 is 0 Å². The van der Waals surface area contributed by atoms with Crippen molar-refractivity contribution in [3.8, 4) is 0 Å². The fourth-order valence-corrected chi connectivity index (χ4v) is 2.24. The van der Waals surface area contributed by atoms with Gasteiger partial charge in [-0.3, -0.25) is 0 Å². The van der Waals surface area contributed by atoms with Gasteiger partial charge >= 0.3 is 0 Å². The van der Waals surface area contributed by atoms with Gasteiger partial charge in [0.2, 0.25) is 0 Å². The molecular weight excluding hydrogens is 182 g/mol. The van der Waals surface area contributed by atoms with Crippen molar-refractivity contribution >= 4 is 0 Å². The van der Waals surface area contributed by atoms with Gasteiger partial charge in [-0.25, -0.2) is 0 Å². The van der Waals surface area contributed by atoms with E-state index in [4.69, 9.17) is 0 Å². The van der Waals surface area contributed by atoms with Gasteiger partial charge in [-0.15, -0.1) is 0 Å². The number of hydrogen-bond donors (Lipinski definition) is 1. The van der Waals surface area contributed by atoms with E-state index in [1.54, 1.807) is 0 Å². The lowest BCUT2D eigenvalue weighted by molar-refractivity contribution is 0.290. The zero-order valence-electron chi connectivity index (χ0n) is 9.92. The second-order valence-electron chi connectivity index (χ2n) is 4.06. The number of allylic oxidation sites excluding steroid dienone is 5. The van der Waals surface area contributed by atoms with E-state index < -0.39 is 0 Å². The SMILES string of the molecule is [CH2]CCC(CC)(CC)C1=CC=CC=CN1. The molecule has 0 amide bonds. The largest absolute Gasteiger partial charge is 0.365 e. The lowest BCUT2D eigenvalue weighted by Crippen LogP contribution is -2.28. The van der Waals surface area contributed by atoms with Crippen molar-refractivity contribution in [3.05, 3.63) is 43.1 Å². The summed E-state index contributed by atoms with van der Waals surface area (Å²) in [6.07, 6.45) is 14.9. The smallest absolute Gasteiger partial charge is 0.0209 e. The molecule has 1 N–H and O–H groups in total. The average Bonchev–Trinajstić information content (AvgIpc) is 2.55. The monoisotopic (exact) mass is 204 g/mol. The Balaban J connectivity index is 2.91. The van der Waals surface area contributed by atoms with Crippen LogP contribution in [0.5, 0.6) is 0 Å². The van der Waals surface area contributed by atoms with Crippen LogP contribution in [-0.2, 0) is 0 Å². The van der Waals surface area contributed by atoms with Crippen molar-refractivity contribution < 1.29 is 0 Å². The molecule has 1 radical (unpaired) electrons. The first-order valence-corrected chi connectivity index (χ1v) is 5.89. The predicted molar refractivity (Wildman–Crippen MR) is 67.1 cm³/mol. The Kier molecular flexibility index (Phi) is 4.67. The average molecular weight is 204 g/mol. The van der Waals surface area contributed by atoms with Crippen LogP contribution < -0.4 is 5.32 Å². The van der Waals surface area contributed by atoms with Crippen LogP contribution in [0.2, 0.25) is 0 Å². The molecule has 15 heavy (non-hydrogen) atoms. The molecule has 0 saturated heterocycles. The molecule has 0 atom stereocenters. The highest BCUT2D eigenvalue weighted by atomic mass is 14.9. The van der Waals surface area contributed by atoms with Crippen LogP contribution in [0.3, 0.4) is 0 Å². The van der Waals surface area contributed by atoms with Gasteiger partial charge < -0.3 is 5.32 Å². The molecule has 1 rings (SSSR count). The van der Waals surface area contributed by atoms with Crippen LogP contribution in [0, 0.1) is 12.3 Å². The molecule has 0 saturated carbocycles. The van der Waals surface area contributed by atoms with Gasteiger partial charge in [0.05, 0.1) is 0 Å². The second kappa shape index (κ2) is 5.79. The fourth-order valence-electron chi connectivity index (χ4n) is 2.24. The summed E-state index contributed by atoms with van der Waals surface area (Å²) in [6.45, 7) is 8.52. The summed E-state index contributed by atoms with van der Waals surface area (Å²) < 4.78 is 0. The van der Waals surface area contributed by atoms with Crippen molar-refractivity contribution in [1.82, 2.24) is 5.32 Å². The minimum atomic E-state index is 0.279. The zero-order valence-corrected chi connectivity index (χ0v) is 9.92. The molecule has 1 aliphatic rings. The summed E-state index contributed by atoms with van der Waals surface area (Å²) in [5.74, 6) is 0. The maximum absolute atomic E-state index is 3.99. The van der Waals surface area contributed by atoms with Crippen LogP contribution in [-0.4, -0.2) is 0 Å². The van der Waals surface area contributed by atoms with Crippen molar-refractivity contribution in [2.45, 2.75) is 39.5 Å². The van der Waals surface area contributed by atoms with Gasteiger partial charge in [0, 0.05) is 17.3 Å². The maximum atomic E-state index is 3.99. The third-order valence-corrected chi connectivity index (χ3v) is 3.40. The third-order valence-electron chi connectivity index (χ3n) is 3.40. The van der Waals surface area contributed by atoms with Gasteiger partial charge in [0.1, 0.15) is 0 Å². The van der Waals surface area contributed by atoms with Gasteiger partial charge in [-0.2, -0.15) is 0 Å². The number of hydrogen-bond acceptors (Lipinski definition) is 1. The predicted octanol–water partition coefficient (Wildman–Crippen LogP) is 3.96. The Morgan fingerprint density at radius 1 is 1.20 bits per heavy atom. The summed E-state index contributed by atoms with van der Waals surface area (Å²) in [4.78, 5) is 0. The first-order chi connectivity index (χ1) is 7.29. The van der Waals surface area contributed by atoms with Crippen molar-refractivity contribution in [2.24, 2.45) is 5.41 Å².